The molecule has 32 heavy (non-hydrogen) atoms. The standard InChI is InChI=1S/C24H28ClN3O3S/c1-24(12-5-13-32-3)16-28(27-22(24)17-8-10-19(25)11-9-17)15-21(29)26-20-7-4-6-18(14-20)23(30)31-2/h4,6-11,14H,5,12-13,15-16H2,1-3H3,(H,26,29). The van der Waals surface area contributed by atoms with Crippen molar-refractivity contribution >= 4 is 46.6 Å². The van der Waals surface area contributed by atoms with E-state index in [1.165, 1.54) is 7.11 Å². The second kappa shape index (κ2) is 10.9. The van der Waals surface area contributed by atoms with Gasteiger partial charge in [0.2, 0.25) is 5.91 Å². The molecule has 0 saturated heterocycles. The monoisotopic (exact) mass is 473 g/mol. The first-order valence-corrected chi connectivity index (χ1v) is 12.2. The van der Waals surface area contributed by atoms with E-state index in [-0.39, 0.29) is 17.9 Å². The molecule has 3 rings (SSSR count). The highest BCUT2D eigenvalue weighted by atomic mass is 35.5. The molecule has 2 aromatic rings. The van der Waals surface area contributed by atoms with Crippen molar-refractivity contribution in [2.24, 2.45) is 10.5 Å². The number of carbonyl (C=O) groups is 2. The molecule has 8 heteroatoms. The van der Waals surface area contributed by atoms with Crippen LogP contribution in [0.1, 0.15) is 35.7 Å². The molecule has 1 heterocycles. The number of benzene rings is 2. The minimum atomic E-state index is -0.446. The number of rotatable bonds is 9. The first kappa shape index (κ1) is 24.1. The number of thioether (sulfide) groups is 1. The Morgan fingerprint density at radius 3 is 2.69 bits per heavy atom. The van der Waals surface area contributed by atoms with Gasteiger partial charge in [0.05, 0.1) is 18.4 Å². The molecule has 0 bridgehead atoms. The van der Waals surface area contributed by atoms with E-state index in [1.54, 1.807) is 24.3 Å². The number of carbonyl (C=O) groups excluding carboxylic acids is 2. The molecule has 0 fully saturated rings. The van der Waals surface area contributed by atoms with E-state index in [9.17, 15) is 9.59 Å². The van der Waals surface area contributed by atoms with Gasteiger partial charge >= 0.3 is 5.97 Å². The minimum Gasteiger partial charge on any atom is -0.465 e. The molecule has 1 amide bonds. The largest absolute Gasteiger partial charge is 0.465 e. The summed E-state index contributed by atoms with van der Waals surface area (Å²) in [5.74, 6) is 0.444. The molecule has 0 aliphatic carbocycles. The zero-order valence-electron chi connectivity index (χ0n) is 18.6. The fourth-order valence-corrected chi connectivity index (χ4v) is 4.45. The summed E-state index contributed by atoms with van der Waals surface area (Å²) in [7, 11) is 1.33. The van der Waals surface area contributed by atoms with Crippen molar-refractivity contribution in [1.82, 2.24) is 5.01 Å². The Morgan fingerprint density at radius 1 is 1.25 bits per heavy atom. The third-order valence-corrected chi connectivity index (χ3v) is 6.38. The molecule has 6 nitrogen and oxygen atoms in total. The molecule has 1 aliphatic heterocycles. The Labute approximate surface area is 198 Å². The van der Waals surface area contributed by atoms with Gasteiger partial charge in [-0.05, 0) is 60.7 Å². The summed E-state index contributed by atoms with van der Waals surface area (Å²) in [6.45, 7) is 2.99. The van der Waals surface area contributed by atoms with Gasteiger partial charge in [0, 0.05) is 22.7 Å². The number of hydrogen-bond donors (Lipinski definition) is 1. The second-order valence-corrected chi connectivity index (χ2v) is 9.48. The molecular weight excluding hydrogens is 446 g/mol. The lowest BCUT2D eigenvalue weighted by molar-refractivity contribution is -0.117. The van der Waals surface area contributed by atoms with Crippen molar-refractivity contribution in [2.75, 3.05) is 37.5 Å². The van der Waals surface area contributed by atoms with Gasteiger partial charge in [0.15, 0.2) is 0 Å². The number of anilines is 1. The normalized spacial score (nSPS) is 17.8. The second-order valence-electron chi connectivity index (χ2n) is 8.06. The Balaban J connectivity index is 1.73. The van der Waals surface area contributed by atoms with Gasteiger partial charge < -0.3 is 10.1 Å². The highest BCUT2D eigenvalue weighted by Gasteiger charge is 2.39. The number of hydrazone groups is 1. The molecule has 0 saturated carbocycles. The van der Waals surface area contributed by atoms with Crippen LogP contribution in [0.15, 0.2) is 53.6 Å². The Kier molecular flexibility index (Phi) is 8.21. The molecule has 0 spiro atoms. The molecule has 2 aromatic carbocycles. The quantitative estimate of drug-likeness (QED) is 0.413. The van der Waals surface area contributed by atoms with E-state index in [1.807, 2.05) is 41.0 Å². The van der Waals surface area contributed by atoms with Crippen LogP contribution in [-0.2, 0) is 9.53 Å². The predicted octanol–water partition coefficient (Wildman–Crippen LogP) is 4.93. The van der Waals surface area contributed by atoms with Gasteiger partial charge in [-0.3, -0.25) is 9.80 Å². The number of methoxy groups -OCH3 is 1. The molecule has 0 radical (unpaired) electrons. The van der Waals surface area contributed by atoms with Crippen LogP contribution < -0.4 is 5.32 Å². The zero-order valence-corrected chi connectivity index (χ0v) is 20.1. The smallest absolute Gasteiger partial charge is 0.337 e. The van der Waals surface area contributed by atoms with Crippen molar-refractivity contribution in [3.8, 4) is 0 Å². The minimum absolute atomic E-state index is 0.123. The van der Waals surface area contributed by atoms with Gasteiger partial charge in [0.1, 0.15) is 6.54 Å². The summed E-state index contributed by atoms with van der Waals surface area (Å²) in [5.41, 5.74) is 2.78. The van der Waals surface area contributed by atoms with Crippen LogP contribution in [0.25, 0.3) is 0 Å². The van der Waals surface area contributed by atoms with Crippen LogP contribution in [0.4, 0.5) is 5.69 Å². The van der Waals surface area contributed by atoms with Gasteiger partial charge in [-0.2, -0.15) is 16.9 Å². The van der Waals surface area contributed by atoms with Crippen molar-refractivity contribution in [3.63, 3.8) is 0 Å². The maximum atomic E-state index is 12.7. The Hall–Kier alpha value is -2.51. The van der Waals surface area contributed by atoms with Gasteiger partial charge in [0.25, 0.3) is 0 Å². The van der Waals surface area contributed by atoms with Gasteiger partial charge in [-0.1, -0.05) is 36.7 Å². The van der Waals surface area contributed by atoms with Crippen molar-refractivity contribution < 1.29 is 14.3 Å². The fourth-order valence-electron chi connectivity index (χ4n) is 3.89. The third-order valence-electron chi connectivity index (χ3n) is 5.43. The highest BCUT2D eigenvalue weighted by Crippen LogP contribution is 2.36. The van der Waals surface area contributed by atoms with E-state index < -0.39 is 5.97 Å². The van der Waals surface area contributed by atoms with Crippen molar-refractivity contribution in [1.29, 1.82) is 0 Å². The Bertz CT molecular complexity index is 996. The lowest BCUT2D eigenvalue weighted by Gasteiger charge is -2.26. The summed E-state index contributed by atoms with van der Waals surface area (Å²) in [5, 5.41) is 10.2. The van der Waals surface area contributed by atoms with Crippen LogP contribution in [0.3, 0.4) is 0 Å². The average molecular weight is 474 g/mol. The summed E-state index contributed by atoms with van der Waals surface area (Å²) in [6.07, 6.45) is 4.16. The maximum Gasteiger partial charge on any atom is 0.337 e. The van der Waals surface area contributed by atoms with E-state index in [2.05, 4.69) is 18.5 Å². The van der Waals surface area contributed by atoms with E-state index in [4.69, 9.17) is 21.4 Å². The molecule has 170 valence electrons. The topological polar surface area (TPSA) is 71.0 Å². The lowest BCUT2D eigenvalue weighted by Crippen LogP contribution is -2.34. The molecule has 1 unspecified atom stereocenters. The number of halogens is 1. The molecule has 0 aromatic heterocycles. The van der Waals surface area contributed by atoms with Gasteiger partial charge in [-0.25, -0.2) is 4.79 Å². The van der Waals surface area contributed by atoms with Crippen molar-refractivity contribution in [3.05, 3.63) is 64.7 Å². The molecular formula is C24H28ClN3O3S. The van der Waals surface area contributed by atoms with E-state index >= 15 is 0 Å². The van der Waals surface area contributed by atoms with Crippen LogP contribution in [0, 0.1) is 5.41 Å². The average Bonchev–Trinajstić information content (AvgIpc) is 3.09. The van der Waals surface area contributed by atoms with Crippen LogP contribution >= 0.6 is 23.4 Å². The highest BCUT2D eigenvalue weighted by molar-refractivity contribution is 7.98. The Morgan fingerprint density at radius 2 is 2.00 bits per heavy atom. The number of hydrogen-bond acceptors (Lipinski definition) is 6. The number of esters is 1. The SMILES string of the molecule is COC(=O)c1cccc(NC(=O)CN2CC(C)(CCCSC)C(c3ccc(Cl)cc3)=N2)c1. The number of ether oxygens (including phenoxy) is 1. The third kappa shape index (κ3) is 6.04. The maximum absolute atomic E-state index is 12.7. The first-order chi connectivity index (χ1) is 15.3. The summed E-state index contributed by atoms with van der Waals surface area (Å²) < 4.78 is 4.74. The first-order valence-electron chi connectivity index (χ1n) is 10.4. The number of amides is 1. The zero-order chi connectivity index (χ0) is 23.1. The summed E-state index contributed by atoms with van der Waals surface area (Å²) in [4.78, 5) is 24.5. The summed E-state index contributed by atoms with van der Waals surface area (Å²) >= 11 is 7.90. The van der Waals surface area contributed by atoms with Crippen LogP contribution in [-0.4, -0.2) is 54.8 Å². The predicted molar refractivity (Wildman–Crippen MR) is 132 cm³/mol. The summed E-state index contributed by atoms with van der Waals surface area (Å²) in [6, 6.07) is 14.4. The lowest BCUT2D eigenvalue weighted by atomic mass is 9.78. The van der Waals surface area contributed by atoms with E-state index in [0.717, 1.165) is 29.9 Å². The van der Waals surface area contributed by atoms with Crippen molar-refractivity contribution in [2.45, 2.75) is 19.8 Å². The fraction of sp³-hybridized carbons (Fsp3) is 0.375. The van der Waals surface area contributed by atoms with Crippen LogP contribution in [0.5, 0.6) is 0 Å². The number of nitrogens with zero attached hydrogens (tertiary/aromatic N) is 2. The molecule has 1 atom stereocenters. The molecule has 1 N–H and O–H groups in total. The van der Waals surface area contributed by atoms with Gasteiger partial charge in [-0.15, -0.1) is 0 Å². The molecule has 1 aliphatic rings. The van der Waals surface area contributed by atoms with E-state index in [0.29, 0.717) is 22.8 Å². The number of nitrogens with one attached hydrogen (secondary N) is 1. The van der Waals surface area contributed by atoms with Crippen LogP contribution in [0.2, 0.25) is 5.02 Å².